The number of H-pyrrole nitrogens is 1. The summed E-state index contributed by atoms with van der Waals surface area (Å²) in [7, 11) is 0. The Kier molecular flexibility index (Phi) is 3.27. The largest absolute Gasteiger partial charge is 0.316 e. The summed E-state index contributed by atoms with van der Waals surface area (Å²) in [6.07, 6.45) is 2.02. The number of aromatic nitrogens is 3. The van der Waals surface area contributed by atoms with Crippen molar-refractivity contribution in [2.75, 3.05) is 13.1 Å². The first-order valence-electron chi connectivity index (χ1n) is 7.67. The molecular weight excluding hydrogens is 276 g/mol. The van der Waals surface area contributed by atoms with Crippen molar-refractivity contribution in [1.82, 2.24) is 19.9 Å². The Labute approximate surface area is 128 Å². The van der Waals surface area contributed by atoms with E-state index in [4.69, 9.17) is 0 Å². The maximum atomic E-state index is 12.3. The molecule has 5 heteroatoms. The second-order valence-electron chi connectivity index (χ2n) is 5.88. The van der Waals surface area contributed by atoms with Crippen LogP contribution in [0.25, 0.3) is 16.9 Å². The lowest BCUT2D eigenvalue weighted by atomic mass is 10.0. The monoisotopic (exact) mass is 294 g/mol. The van der Waals surface area contributed by atoms with E-state index < -0.39 is 0 Å². The maximum Gasteiger partial charge on any atom is 0.272 e. The van der Waals surface area contributed by atoms with Crippen LogP contribution in [-0.2, 0) is 6.42 Å². The Morgan fingerprint density at radius 1 is 1.23 bits per heavy atom. The van der Waals surface area contributed by atoms with Gasteiger partial charge in [-0.2, -0.15) is 0 Å². The van der Waals surface area contributed by atoms with Crippen molar-refractivity contribution in [1.29, 1.82) is 0 Å². The van der Waals surface area contributed by atoms with E-state index in [-0.39, 0.29) is 5.56 Å². The minimum atomic E-state index is -0.0480. The SMILES string of the molecule is O=c1cc(CC2CCNC2)nc2cc(-c3ccccc3)[nH]n12. The van der Waals surface area contributed by atoms with Gasteiger partial charge in [0.05, 0.1) is 5.69 Å². The first-order valence-corrected chi connectivity index (χ1v) is 7.67. The van der Waals surface area contributed by atoms with Crippen LogP contribution in [-0.4, -0.2) is 27.7 Å². The van der Waals surface area contributed by atoms with Crippen LogP contribution in [0, 0.1) is 5.92 Å². The Balaban J connectivity index is 1.73. The average Bonchev–Trinajstić information content (AvgIpc) is 3.18. The molecule has 5 nitrogen and oxygen atoms in total. The van der Waals surface area contributed by atoms with Crippen molar-refractivity contribution >= 4 is 5.65 Å². The van der Waals surface area contributed by atoms with Gasteiger partial charge in [0.2, 0.25) is 0 Å². The number of aromatic amines is 1. The lowest BCUT2D eigenvalue weighted by Crippen LogP contribution is -2.18. The minimum Gasteiger partial charge on any atom is -0.316 e. The highest BCUT2D eigenvalue weighted by atomic mass is 16.1. The summed E-state index contributed by atoms with van der Waals surface area (Å²) in [5.41, 5.74) is 3.48. The second-order valence-corrected chi connectivity index (χ2v) is 5.88. The molecule has 1 aliphatic rings. The summed E-state index contributed by atoms with van der Waals surface area (Å²) in [5, 5.41) is 6.48. The molecule has 2 aromatic heterocycles. The Morgan fingerprint density at radius 2 is 2.09 bits per heavy atom. The van der Waals surface area contributed by atoms with Gasteiger partial charge < -0.3 is 5.32 Å². The molecule has 1 fully saturated rings. The van der Waals surface area contributed by atoms with Crippen LogP contribution in [0.4, 0.5) is 0 Å². The van der Waals surface area contributed by atoms with E-state index in [1.807, 2.05) is 36.4 Å². The van der Waals surface area contributed by atoms with E-state index in [0.29, 0.717) is 11.6 Å². The zero-order valence-corrected chi connectivity index (χ0v) is 12.2. The van der Waals surface area contributed by atoms with Gasteiger partial charge in [-0.05, 0) is 37.4 Å². The molecule has 4 rings (SSSR count). The topological polar surface area (TPSA) is 62.2 Å². The standard InChI is InChI=1S/C17H18N4O/c22-17-9-14(8-12-6-7-18-11-12)19-16-10-15(20-21(16)17)13-4-2-1-3-5-13/h1-5,9-10,12,18,20H,6-8,11H2. The van der Waals surface area contributed by atoms with Crippen LogP contribution >= 0.6 is 0 Å². The number of hydrogen-bond donors (Lipinski definition) is 2. The van der Waals surface area contributed by atoms with Crippen molar-refractivity contribution < 1.29 is 0 Å². The van der Waals surface area contributed by atoms with Crippen LogP contribution in [0.2, 0.25) is 0 Å². The molecule has 1 aromatic carbocycles. The van der Waals surface area contributed by atoms with Gasteiger partial charge in [-0.25, -0.2) is 9.50 Å². The van der Waals surface area contributed by atoms with E-state index >= 15 is 0 Å². The summed E-state index contributed by atoms with van der Waals surface area (Å²) < 4.78 is 1.51. The molecule has 1 atom stereocenters. The predicted octanol–water partition coefficient (Wildman–Crippen LogP) is 1.84. The molecule has 1 saturated heterocycles. The van der Waals surface area contributed by atoms with E-state index in [9.17, 15) is 4.79 Å². The molecule has 0 aliphatic carbocycles. The molecule has 0 amide bonds. The van der Waals surface area contributed by atoms with Gasteiger partial charge in [0.1, 0.15) is 0 Å². The number of nitrogens with zero attached hydrogens (tertiary/aromatic N) is 2. The average molecular weight is 294 g/mol. The first kappa shape index (κ1) is 13.3. The van der Waals surface area contributed by atoms with Crippen LogP contribution in [0.3, 0.4) is 0 Å². The van der Waals surface area contributed by atoms with Crippen LogP contribution in [0.1, 0.15) is 12.1 Å². The van der Waals surface area contributed by atoms with Gasteiger partial charge in [0, 0.05) is 17.8 Å². The molecule has 22 heavy (non-hydrogen) atoms. The summed E-state index contributed by atoms with van der Waals surface area (Å²) in [6, 6.07) is 13.6. The third-order valence-electron chi connectivity index (χ3n) is 4.25. The molecule has 1 unspecified atom stereocenters. The van der Waals surface area contributed by atoms with Gasteiger partial charge >= 0.3 is 0 Å². The third-order valence-corrected chi connectivity index (χ3v) is 4.25. The molecule has 3 heterocycles. The summed E-state index contributed by atoms with van der Waals surface area (Å²) in [4.78, 5) is 16.9. The zero-order chi connectivity index (χ0) is 14.9. The summed E-state index contributed by atoms with van der Waals surface area (Å²) >= 11 is 0. The number of hydrogen-bond acceptors (Lipinski definition) is 3. The number of rotatable bonds is 3. The van der Waals surface area contributed by atoms with Gasteiger partial charge in [0.25, 0.3) is 5.56 Å². The highest BCUT2D eigenvalue weighted by Gasteiger charge is 2.16. The van der Waals surface area contributed by atoms with Crippen LogP contribution < -0.4 is 10.9 Å². The van der Waals surface area contributed by atoms with E-state index in [1.54, 1.807) is 6.07 Å². The summed E-state index contributed by atoms with van der Waals surface area (Å²) in [5.74, 6) is 0.585. The summed E-state index contributed by atoms with van der Waals surface area (Å²) in [6.45, 7) is 2.08. The molecular formula is C17H18N4O. The molecule has 1 aliphatic heterocycles. The Morgan fingerprint density at radius 3 is 2.86 bits per heavy atom. The van der Waals surface area contributed by atoms with Gasteiger partial charge in [0.15, 0.2) is 5.65 Å². The highest BCUT2D eigenvalue weighted by molar-refractivity contribution is 5.63. The zero-order valence-electron chi connectivity index (χ0n) is 12.2. The van der Waals surface area contributed by atoms with E-state index in [1.165, 1.54) is 4.52 Å². The number of fused-ring (bicyclic) bond motifs is 1. The lowest BCUT2D eigenvalue weighted by Gasteiger charge is -2.06. The smallest absolute Gasteiger partial charge is 0.272 e. The van der Waals surface area contributed by atoms with E-state index in [2.05, 4.69) is 15.4 Å². The normalized spacial score (nSPS) is 18.1. The van der Waals surface area contributed by atoms with Crippen molar-refractivity contribution in [3.8, 4) is 11.3 Å². The molecule has 0 radical (unpaired) electrons. The van der Waals surface area contributed by atoms with Crippen molar-refractivity contribution in [3.05, 3.63) is 58.5 Å². The van der Waals surface area contributed by atoms with Gasteiger partial charge in [-0.3, -0.25) is 9.89 Å². The molecule has 112 valence electrons. The van der Waals surface area contributed by atoms with Crippen molar-refractivity contribution in [2.45, 2.75) is 12.8 Å². The molecule has 3 aromatic rings. The minimum absolute atomic E-state index is 0.0480. The lowest BCUT2D eigenvalue weighted by molar-refractivity contribution is 0.571. The van der Waals surface area contributed by atoms with Crippen LogP contribution in [0.5, 0.6) is 0 Å². The Bertz CT molecular complexity index is 844. The first-order chi connectivity index (χ1) is 10.8. The van der Waals surface area contributed by atoms with Gasteiger partial charge in [-0.15, -0.1) is 0 Å². The predicted molar refractivity (Wildman–Crippen MR) is 85.9 cm³/mol. The van der Waals surface area contributed by atoms with Gasteiger partial charge in [-0.1, -0.05) is 30.3 Å². The molecule has 0 saturated carbocycles. The fourth-order valence-electron chi connectivity index (χ4n) is 3.10. The third kappa shape index (κ3) is 2.44. The Hall–Kier alpha value is -2.40. The second kappa shape index (κ2) is 5.42. The quantitative estimate of drug-likeness (QED) is 0.775. The fourth-order valence-corrected chi connectivity index (χ4v) is 3.10. The van der Waals surface area contributed by atoms with Crippen molar-refractivity contribution in [2.24, 2.45) is 5.92 Å². The van der Waals surface area contributed by atoms with Crippen LogP contribution in [0.15, 0.2) is 47.3 Å². The highest BCUT2D eigenvalue weighted by Crippen LogP contribution is 2.18. The number of nitrogens with one attached hydrogen (secondary N) is 2. The number of benzene rings is 1. The molecule has 2 N–H and O–H groups in total. The van der Waals surface area contributed by atoms with Crippen molar-refractivity contribution in [3.63, 3.8) is 0 Å². The molecule has 0 bridgehead atoms. The maximum absolute atomic E-state index is 12.3. The fraction of sp³-hybridized carbons (Fsp3) is 0.294. The van der Waals surface area contributed by atoms with E-state index in [0.717, 1.165) is 42.9 Å². The molecule has 0 spiro atoms.